The van der Waals surface area contributed by atoms with Gasteiger partial charge in [-0.25, -0.2) is 4.79 Å². The molecule has 39 heavy (non-hydrogen) atoms. The maximum atomic E-state index is 12.2. The van der Waals surface area contributed by atoms with Crippen molar-refractivity contribution in [1.29, 1.82) is 0 Å². The number of benzene rings is 1. The fourth-order valence-electron chi connectivity index (χ4n) is 5.44. The molecule has 0 radical (unpaired) electrons. The Morgan fingerprint density at radius 1 is 0.538 bits per heavy atom. The third kappa shape index (κ3) is 14.3. The van der Waals surface area contributed by atoms with Crippen LogP contribution < -0.4 is 4.74 Å². The minimum Gasteiger partial charge on any atom is -0.504 e. The molecule has 0 fully saturated rings. The Bertz CT molecular complexity index is 774. The second kappa shape index (κ2) is 22.9. The summed E-state index contributed by atoms with van der Waals surface area (Å²) in [6.45, 7) is 7.07. The fourth-order valence-corrected chi connectivity index (χ4v) is 5.44. The molecular weight excluding hydrogens is 488 g/mol. The largest absolute Gasteiger partial charge is 0.504 e. The van der Waals surface area contributed by atoms with E-state index in [4.69, 9.17) is 4.74 Å². The summed E-state index contributed by atoms with van der Waals surface area (Å²) in [5, 5.41) is 31.7. The zero-order valence-electron chi connectivity index (χ0n) is 25.6. The van der Waals surface area contributed by atoms with Gasteiger partial charge in [0.05, 0.1) is 6.61 Å². The van der Waals surface area contributed by atoms with Crippen LogP contribution in [0.15, 0.2) is 0 Å². The van der Waals surface area contributed by atoms with E-state index in [9.17, 15) is 20.1 Å². The molecule has 1 aromatic rings. The topological polar surface area (TPSA) is 87.0 Å². The van der Waals surface area contributed by atoms with E-state index in [1.165, 1.54) is 83.5 Å². The highest BCUT2D eigenvalue weighted by Gasteiger charge is 2.28. The second-order valence-electron chi connectivity index (χ2n) is 11.4. The number of unbranched alkanes of at least 4 members (excludes halogenated alkanes) is 18. The highest BCUT2D eigenvalue weighted by molar-refractivity contribution is 5.96. The zero-order chi connectivity index (χ0) is 28.7. The van der Waals surface area contributed by atoms with Crippen LogP contribution in [0.2, 0.25) is 0 Å². The number of hydrogen-bond donors (Lipinski definition) is 3. The minimum absolute atomic E-state index is 0.264. The normalized spacial score (nSPS) is 11.3. The van der Waals surface area contributed by atoms with E-state index in [0.717, 1.165) is 56.9 Å². The molecule has 0 amide bonds. The van der Waals surface area contributed by atoms with E-state index in [2.05, 4.69) is 20.8 Å². The fraction of sp³-hybridized carbons (Fsp3) is 0.794. The lowest BCUT2D eigenvalue weighted by Gasteiger charge is -2.21. The van der Waals surface area contributed by atoms with Gasteiger partial charge in [0, 0.05) is 11.1 Å². The predicted molar refractivity (Wildman–Crippen MR) is 164 cm³/mol. The number of hydrogen-bond acceptors (Lipinski definition) is 4. The maximum absolute atomic E-state index is 12.2. The highest BCUT2D eigenvalue weighted by Crippen LogP contribution is 2.44. The summed E-state index contributed by atoms with van der Waals surface area (Å²) in [6.07, 6.45) is 25.7. The van der Waals surface area contributed by atoms with Gasteiger partial charge in [-0.1, -0.05) is 136 Å². The molecule has 0 heterocycles. The Hall–Kier alpha value is -1.91. The lowest BCUT2D eigenvalue weighted by atomic mass is 9.91. The Morgan fingerprint density at radius 2 is 0.923 bits per heavy atom. The summed E-state index contributed by atoms with van der Waals surface area (Å²) >= 11 is 0. The summed E-state index contributed by atoms with van der Waals surface area (Å²) < 4.78 is 6.14. The summed E-state index contributed by atoms with van der Waals surface area (Å²) in [7, 11) is 0. The average molecular weight is 549 g/mol. The van der Waals surface area contributed by atoms with Crippen molar-refractivity contribution in [2.24, 2.45) is 0 Å². The van der Waals surface area contributed by atoms with E-state index in [1.54, 1.807) is 0 Å². The first-order chi connectivity index (χ1) is 19.0. The van der Waals surface area contributed by atoms with Gasteiger partial charge in [0.2, 0.25) is 0 Å². The monoisotopic (exact) mass is 548 g/mol. The second-order valence-corrected chi connectivity index (χ2v) is 11.4. The van der Waals surface area contributed by atoms with Gasteiger partial charge in [-0.2, -0.15) is 0 Å². The molecule has 0 saturated carbocycles. The van der Waals surface area contributed by atoms with Crippen molar-refractivity contribution in [2.45, 2.75) is 168 Å². The Morgan fingerprint density at radius 3 is 1.36 bits per heavy atom. The van der Waals surface area contributed by atoms with Crippen molar-refractivity contribution in [3.8, 4) is 17.2 Å². The van der Waals surface area contributed by atoms with Crippen molar-refractivity contribution in [1.82, 2.24) is 0 Å². The Labute approximate surface area is 239 Å². The number of phenolic OH excluding ortho intramolecular Hbond substituents is 1. The van der Waals surface area contributed by atoms with Crippen molar-refractivity contribution in [3.05, 3.63) is 16.7 Å². The standard InChI is InChI=1S/C34H60O5/c1-4-7-10-13-15-17-19-22-25-28-29(26-23-20-18-16-14-11-8-5-2)33(39-27-24-21-12-9-6-3)30(34(37)38)32(36)31(28)35/h35-36H,4-27H2,1-3H3,(H,37,38). The van der Waals surface area contributed by atoms with Crippen LogP contribution in [0, 0.1) is 0 Å². The number of aromatic carboxylic acids is 1. The van der Waals surface area contributed by atoms with Crippen LogP contribution in [-0.2, 0) is 12.8 Å². The van der Waals surface area contributed by atoms with Gasteiger partial charge in [0.25, 0.3) is 0 Å². The van der Waals surface area contributed by atoms with Crippen LogP contribution in [0.4, 0.5) is 0 Å². The molecule has 0 spiro atoms. The predicted octanol–water partition coefficient (Wildman–Crippen LogP) is 10.5. The van der Waals surface area contributed by atoms with Gasteiger partial charge in [0.15, 0.2) is 11.5 Å². The van der Waals surface area contributed by atoms with Crippen LogP contribution in [0.25, 0.3) is 0 Å². The molecule has 0 aliphatic carbocycles. The van der Waals surface area contributed by atoms with Crippen LogP contribution in [0.5, 0.6) is 17.2 Å². The molecule has 0 bridgehead atoms. The molecular formula is C34H60O5. The van der Waals surface area contributed by atoms with Crippen LogP contribution >= 0.6 is 0 Å². The number of carboxylic acid groups (broad SMARTS) is 1. The van der Waals surface area contributed by atoms with Gasteiger partial charge >= 0.3 is 5.97 Å². The lowest BCUT2D eigenvalue weighted by Crippen LogP contribution is -2.11. The van der Waals surface area contributed by atoms with Crippen LogP contribution in [0.3, 0.4) is 0 Å². The van der Waals surface area contributed by atoms with Crippen LogP contribution in [0.1, 0.15) is 177 Å². The van der Waals surface area contributed by atoms with Gasteiger partial charge < -0.3 is 20.1 Å². The smallest absolute Gasteiger partial charge is 0.343 e. The van der Waals surface area contributed by atoms with E-state index < -0.39 is 11.7 Å². The number of carbonyl (C=O) groups is 1. The summed E-state index contributed by atoms with van der Waals surface area (Å²) in [6, 6.07) is 0. The van der Waals surface area contributed by atoms with Gasteiger partial charge in [-0.3, -0.25) is 0 Å². The summed E-state index contributed by atoms with van der Waals surface area (Å²) in [5.41, 5.74) is 1.20. The van der Waals surface area contributed by atoms with Gasteiger partial charge in [0.1, 0.15) is 11.3 Å². The SMILES string of the molecule is CCCCCCCCCCc1c(O)c(O)c(C(=O)O)c(OCCCCCCC)c1CCCCCCCCCC. The van der Waals surface area contributed by atoms with Gasteiger partial charge in [-0.15, -0.1) is 0 Å². The van der Waals surface area contributed by atoms with Crippen molar-refractivity contribution in [3.63, 3.8) is 0 Å². The molecule has 226 valence electrons. The van der Waals surface area contributed by atoms with Crippen molar-refractivity contribution in [2.75, 3.05) is 6.61 Å². The third-order valence-electron chi connectivity index (χ3n) is 7.88. The number of phenols is 2. The van der Waals surface area contributed by atoms with Crippen molar-refractivity contribution < 1.29 is 24.9 Å². The molecule has 5 nitrogen and oxygen atoms in total. The first-order valence-electron chi connectivity index (χ1n) is 16.4. The van der Waals surface area contributed by atoms with Crippen molar-refractivity contribution >= 4 is 5.97 Å². The van der Waals surface area contributed by atoms with E-state index in [0.29, 0.717) is 25.0 Å². The number of rotatable bonds is 26. The zero-order valence-corrected chi connectivity index (χ0v) is 25.6. The number of aromatic hydroxyl groups is 2. The lowest BCUT2D eigenvalue weighted by molar-refractivity contribution is 0.0687. The molecule has 1 rings (SSSR count). The summed E-state index contributed by atoms with van der Waals surface area (Å²) in [5.74, 6) is -1.77. The molecule has 1 aromatic carbocycles. The molecule has 5 heteroatoms. The third-order valence-corrected chi connectivity index (χ3v) is 7.88. The first kappa shape index (κ1) is 35.1. The molecule has 0 unspecified atom stereocenters. The minimum atomic E-state index is -1.25. The van der Waals surface area contributed by atoms with E-state index in [1.807, 2.05) is 0 Å². The van der Waals surface area contributed by atoms with E-state index in [-0.39, 0.29) is 17.1 Å². The van der Waals surface area contributed by atoms with Gasteiger partial charge in [-0.05, 0) is 32.1 Å². The Balaban J connectivity index is 2.98. The number of carboxylic acids is 1. The molecule has 3 N–H and O–H groups in total. The highest BCUT2D eigenvalue weighted by atomic mass is 16.5. The molecule has 0 aliphatic rings. The van der Waals surface area contributed by atoms with E-state index >= 15 is 0 Å². The molecule has 0 atom stereocenters. The molecule has 0 aromatic heterocycles. The Kier molecular flexibility index (Phi) is 20.6. The van der Waals surface area contributed by atoms with Crippen LogP contribution in [-0.4, -0.2) is 27.9 Å². The molecule has 0 aliphatic heterocycles. The average Bonchev–Trinajstić information content (AvgIpc) is 2.92. The molecule has 0 saturated heterocycles. The first-order valence-corrected chi connectivity index (χ1v) is 16.4. The summed E-state index contributed by atoms with van der Waals surface area (Å²) in [4.78, 5) is 12.2. The quantitative estimate of drug-likeness (QED) is 0.0791. The number of ether oxygens (including phenoxy) is 1. The maximum Gasteiger partial charge on any atom is 0.343 e.